The fraction of sp³-hybridized carbons (Fsp3) is 0.375. The van der Waals surface area contributed by atoms with E-state index < -0.39 is 18.0 Å². The van der Waals surface area contributed by atoms with Gasteiger partial charge in [0, 0.05) is 25.5 Å². The van der Waals surface area contributed by atoms with Gasteiger partial charge in [0.15, 0.2) is 0 Å². The molecule has 0 radical (unpaired) electrons. The number of carbonyl (C=O) groups excluding carboxylic acids is 1. The summed E-state index contributed by atoms with van der Waals surface area (Å²) in [5.41, 5.74) is 0.230. The summed E-state index contributed by atoms with van der Waals surface area (Å²) in [7, 11) is 0. The topological polar surface area (TPSA) is 88.3 Å². The quantitative estimate of drug-likeness (QED) is 0.732. The average molecular weight is 380 g/mol. The van der Waals surface area contributed by atoms with Crippen molar-refractivity contribution in [3.8, 4) is 5.95 Å². The van der Waals surface area contributed by atoms with Gasteiger partial charge in [-0.2, -0.15) is 18.3 Å². The van der Waals surface area contributed by atoms with Crippen molar-refractivity contribution < 1.29 is 18.0 Å². The third-order valence-corrected chi connectivity index (χ3v) is 4.68. The van der Waals surface area contributed by atoms with Gasteiger partial charge in [0.2, 0.25) is 5.95 Å². The van der Waals surface area contributed by atoms with Crippen LogP contribution in [-0.4, -0.2) is 54.5 Å². The zero-order chi connectivity index (χ0) is 19.2. The van der Waals surface area contributed by atoms with Gasteiger partial charge >= 0.3 is 6.18 Å². The Morgan fingerprint density at radius 2 is 2.00 bits per heavy atom. The number of fused-ring (bicyclic) bond motifs is 1. The van der Waals surface area contributed by atoms with Crippen molar-refractivity contribution in [2.75, 3.05) is 13.1 Å². The number of H-pyrrole nitrogens is 1. The summed E-state index contributed by atoms with van der Waals surface area (Å²) in [6.45, 7) is 0.0806. The highest BCUT2D eigenvalue weighted by Crippen LogP contribution is 2.34. The number of piperidine rings is 1. The molecule has 1 N–H and O–H groups in total. The molecule has 1 amide bonds. The second kappa shape index (κ2) is 6.25. The molecule has 0 bridgehead atoms. The van der Waals surface area contributed by atoms with Crippen LogP contribution in [0.25, 0.3) is 11.5 Å². The largest absolute Gasteiger partial charge is 0.391 e. The van der Waals surface area contributed by atoms with Gasteiger partial charge in [-0.3, -0.25) is 14.6 Å². The number of hydrogen-bond acceptors (Lipinski definition) is 4. The third kappa shape index (κ3) is 3.20. The maximum Gasteiger partial charge on any atom is 0.391 e. The molecule has 142 valence electrons. The SMILES string of the molecule is O=C(c1cnn(-c2nn3cccc3c(=O)[nH]2)c1)N1CCC(C(F)(F)F)CC1. The zero-order valence-electron chi connectivity index (χ0n) is 14.0. The van der Waals surface area contributed by atoms with E-state index in [1.165, 1.54) is 26.5 Å². The van der Waals surface area contributed by atoms with Crippen LogP contribution in [0.5, 0.6) is 0 Å². The van der Waals surface area contributed by atoms with Gasteiger partial charge in [0.25, 0.3) is 11.5 Å². The van der Waals surface area contributed by atoms with Gasteiger partial charge in [-0.1, -0.05) is 0 Å². The first-order valence-corrected chi connectivity index (χ1v) is 8.31. The minimum Gasteiger partial charge on any atom is -0.339 e. The predicted octanol–water partition coefficient (Wildman–Crippen LogP) is 1.62. The third-order valence-electron chi connectivity index (χ3n) is 4.68. The van der Waals surface area contributed by atoms with Crippen molar-refractivity contribution in [1.82, 2.24) is 29.3 Å². The summed E-state index contributed by atoms with van der Waals surface area (Å²) in [6.07, 6.45) is -0.141. The molecule has 11 heteroatoms. The highest BCUT2D eigenvalue weighted by atomic mass is 19.4. The van der Waals surface area contributed by atoms with E-state index in [0.29, 0.717) is 5.52 Å². The number of rotatable bonds is 2. The van der Waals surface area contributed by atoms with E-state index in [0.717, 1.165) is 0 Å². The molecule has 0 spiro atoms. The molecule has 1 saturated heterocycles. The van der Waals surface area contributed by atoms with E-state index in [-0.39, 0.29) is 43.0 Å². The summed E-state index contributed by atoms with van der Waals surface area (Å²) >= 11 is 0. The van der Waals surface area contributed by atoms with Crippen LogP contribution in [0.3, 0.4) is 0 Å². The summed E-state index contributed by atoms with van der Waals surface area (Å²) in [5.74, 6) is -1.64. The Balaban J connectivity index is 1.52. The number of nitrogens with one attached hydrogen (secondary N) is 1. The van der Waals surface area contributed by atoms with Crippen molar-refractivity contribution in [1.29, 1.82) is 0 Å². The molecule has 4 heterocycles. The summed E-state index contributed by atoms with van der Waals surface area (Å²) in [6, 6.07) is 3.28. The fourth-order valence-corrected chi connectivity index (χ4v) is 3.18. The monoisotopic (exact) mass is 380 g/mol. The average Bonchev–Trinajstić information content (AvgIpc) is 3.30. The van der Waals surface area contributed by atoms with Gasteiger partial charge in [-0.15, -0.1) is 5.10 Å². The van der Waals surface area contributed by atoms with E-state index in [2.05, 4.69) is 15.2 Å². The zero-order valence-corrected chi connectivity index (χ0v) is 14.0. The molecule has 0 aliphatic carbocycles. The van der Waals surface area contributed by atoms with E-state index >= 15 is 0 Å². The Kier molecular flexibility index (Phi) is 4.01. The van der Waals surface area contributed by atoms with Crippen LogP contribution in [0.15, 0.2) is 35.5 Å². The second-order valence-corrected chi connectivity index (χ2v) is 6.40. The Bertz CT molecular complexity index is 1040. The Labute approximate surface area is 150 Å². The van der Waals surface area contributed by atoms with Crippen LogP contribution >= 0.6 is 0 Å². The van der Waals surface area contributed by atoms with E-state index in [1.807, 2.05) is 0 Å². The van der Waals surface area contributed by atoms with E-state index in [4.69, 9.17) is 0 Å². The number of halogens is 3. The number of aromatic nitrogens is 5. The minimum atomic E-state index is -4.23. The minimum absolute atomic E-state index is 0.0403. The summed E-state index contributed by atoms with van der Waals surface area (Å²) in [4.78, 5) is 28.5. The van der Waals surface area contributed by atoms with Gasteiger partial charge < -0.3 is 4.90 Å². The van der Waals surface area contributed by atoms with Crippen molar-refractivity contribution in [2.24, 2.45) is 5.92 Å². The number of aromatic amines is 1. The molecule has 3 aromatic rings. The molecule has 0 atom stereocenters. The molecule has 8 nitrogen and oxygen atoms in total. The van der Waals surface area contributed by atoms with Gasteiger partial charge in [-0.05, 0) is 25.0 Å². The van der Waals surface area contributed by atoms with Crippen LogP contribution in [0.4, 0.5) is 13.2 Å². The molecule has 3 aromatic heterocycles. The van der Waals surface area contributed by atoms with Crippen LogP contribution < -0.4 is 5.56 Å². The standard InChI is InChI=1S/C16H15F3N6O2/c17-16(18,19)11-3-6-23(7-4-11)14(27)10-8-20-25(9-10)15-21-13(26)12-2-1-5-24(12)22-15/h1-2,5,8-9,11H,3-4,6-7H2,(H,21,22,26). The molecule has 0 unspecified atom stereocenters. The summed E-state index contributed by atoms with van der Waals surface area (Å²) in [5, 5.41) is 8.23. The van der Waals surface area contributed by atoms with Gasteiger partial charge in [0.1, 0.15) is 5.52 Å². The van der Waals surface area contributed by atoms with Crippen molar-refractivity contribution in [3.05, 3.63) is 46.6 Å². The smallest absolute Gasteiger partial charge is 0.339 e. The normalized spacial score (nSPS) is 16.2. The highest BCUT2D eigenvalue weighted by Gasteiger charge is 2.41. The van der Waals surface area contributed by atoms with Crippen molar-refractivity contribution >= 4 is 11.4 Å². The molecule has 27 heavy (non-hydrogen) atoms. The molecular formula is C16H15F3N6O2. The Morgan fingerprint density at radius 3 is 2.70 bits per heavy atom. The number of nitrogens with zero attached hydrogens (tertiary/aromatic N) is 5. The van der Waals surface area contributed by atoms with Crippen LogP contribution in [-0.2, 0) is 0 Å². The predicted molar refractivity (Wildman–Crippen MR) is 87.6 cm³/mol. The second-order valence-electron chi connectivity index (χ2n) is 6.40. The molecule has 1 aliphatic heterocycles. The first-order valence-electron chi connectivity index (χ1n) is 8.31. The Morgan fingerprint density at radius 1 is 1.26 bits per heavy atom. The maximum absolute atomic E-state index is 12.7. The first kappa shape index (κ1) is 17.3. The molecule has 4 rings (SSSR count). The number of alkyl halides is 3. The number of amides is 1. The molecule has 1 fully saturated rings. The lowest BCUT2D eigenvalue weighted by Crippen LogP contribution is -2.42. The molecule has 1 aliphatic rings. The molecule has 0 aromatic carbocycles. The summed E-state index contributed by atoms with van der Waals surface area (Å²) < 4.78 is 40.9. The molecular weight excluding hydrogens is 365 g/mol. The van der Waals surface area contributed by atoms with Crippen LogP contribution in [0.2, 0.25) is 0 Å². The lowest BCUT2D eigenvalue weighted by molar-refractivity contribution is -0.183. The number of likely N-dealkylation sites (tertiary alicyclic amines) is 1. The molecule has 0 saturated carbocycles. The highest BCUT2D eigenvalue weighted by molar-refractivity contribution is 5.93. The van der Waals surface area contributed by atoms with Crippen molar-refractivity contribution in [2.45, 2.75) is 19.0 Å². The maximum atomic E-state index is 12.7. The van der Waals surface area contributed by atoms with E-state index in [9.17, 15) is 22.8 Å². The first-order chi connectivity index (χ1) is 12.8. The number of hydrogen-bond donors (Lipinski definition) is 1. The Hall–Kier alpha value is -3.11. The van der Waals surface area contributed by atoms with Gasteiger partial charge in [0.05, 0.1) is 17.7 Å². The lowest BCUT2D eigenvalue weighted by atomic mass is 9.96. The van der Waals surface area contributed by atoms with Crippen LogP contribution in [0, 0.1) is 5.92 Å². The lowest BCUT2D eigenvalue weighted by Gasteiger charge is -2.32. The number of carbonyl (C=O) groups is 1. The van der Waals surface area contributed by atoms with E-state index in [1.54, 1.807) is 18.3 Å². The van der Waals surface area contributed by atoms with Gasteiger partial charge in [-0.25, -0.2) is 9.20 Å². The van der Waals surface area contributed by atoms with Crippen molar-refractivity contribution in [3.63, 3.8) is 0 Å². The van der Waals surface area contributed by atoms with Crippen LogP contribution in [0.1, 0.15) is 23.2 Å². The fourth-order valence-electron chi connectivity index (χ4n) is 3.18.